The van der Waals surface area contributed by atoms with Crippen LogP contribution < -0.4 is 21.1 Å². The maximum Gasteiger partial charge on any atom is 0.243 e. The van der Waals surface area contributed by atoms with Gasteiger partial charge in [0, 0.05) is 19.8 Å². The monoisotopic (exact) mass is 459 g/mol. The van der Waals surface area contributed by atoms with Crippen molar-refractivity contribution in [3.05, 3.63) is 102 Å². The zero-order valence-electron chi connectivity index (χ0n) is 19.1. The van der Waals surface area contributed by atoms with E-state index in [0.717, 1.165) is 16.7 Å². The van der Waals surface area contributed by atoms with Gasteiger partial charge < -0.3 is 21.1 Å². The molecular weight excluding hydrogens is 430 g/mol. The topological polar surface area (TPSA) is 111 Å². The number of carbonyl (C=O) groups is 3. The van der Waals surface area contributed by atoms with E-state index in [0.29, 0.717) is 18.8 Å². The van der Waals surface area contributed by atoms with E-state index in [9.17, 15) is 14.4 Å². The van der Waals surface area contributed by atoms with Gasteiger partial charge in [0.05, 0.1) is 0 Å². The Balaban J connectivity index is 1.61. The summed E-state index contributed by atoms with van der Waals surface area (Å²) in [5.74, 6) is -0.761. The van der Waals surface area contributed by atoms with Crippen molar-refractivity contribution < 1.29 is 19.1 Å². The van der Waals surface area contributed by atoms with Gasteiger partial charge >= 0.3 is 0 Å². The van der Waals surface area contributed by atoms with E-state index in [4.69, 9.17) is 10.5 Å². The van der Waals surface area contributed by atoms with Crippen LogP contribution in [0.15, 0.2) is 84.9 Å². The van der Waals surface area contributed by atoms with E-state index >= 15 is 0 Å². The highest BCUT2D eigenvalue weighted by Crippen LogP contribution is 2.15. The summed E-state index contributed by atoms with van der Waals surface area (Å²) in [6.07, 6.45) is 0.517. The second-order valence-corrected chi connectivity index (χ2v) is 8.03. The summed E-state index contributed by atoms with van der Waals surface area (Å²) in [6, 6.07) is 24.7. The Hall–Kier alpha value is -4.13. The molecule has 0 aliphatic heterocycles. The van der Waals surface area contributed by atoms with Crippen molar-refractivity contribution >= 4 is 17.7 Å². The highest BCUT2D eigenvalue weighted by atomic mass is 16.5. The lowest BCUT2D eigenvalue weighted by Crippen LogP contribution is -2.54. The number of nitrogens with one attached hydrogen (secondary N) is 2. The van der Waals surface area contributed by atoms with Crippen molar-refractivity contribution in [2.45, 2.75) is 38.5 Å². The Bertz CT molecular complexity index is 1090. The lowest BCUT2D eigenvalue weighted by Gasteiger charge is -2.22. The number of carbonyl (C=O) groups excluding carboxylic acids is 3. The Kier molecular flexibility index (Phi) is 8.80. The first-order chi connectivity index (χ1) is 16.4. The molecule has 0 aliphatic rings. The maximum atomic E-state index is 12.9. The molecule has 4 N–H and O–H groups in total. The number of nitrogens with two attached hydrogens (primary N) is 1. The molecule has 0 aliphatic carbocycles. The lowest BCUT2D eigenvalue weighted by atomic mass is 10.0. The standard InChI is InChI=1S/C27H29N3O4/c1-19(31)29-25(17-20-8-4-2-5-9-20)27(33)30-24(26(28)32)16-21-12-14-23(15-13-21)34-18-22-10-6-3-7-11-22/h2-15,24-25H,16-18H2,1H3,(H2,28,32)(H,29,31)(H,30,33)/t24-,25+/m0/s1. The molecule has 0 unspecified atom stereocenters. The Morgan fingerprint density at radius 1 is 0.735 bits per heavy atom. The second kappa shape index (κ2) is 12.2. The fraction of sp³-hybridized carbons (Fsp3) is 0.222. The van der Waals surface area contributed by atoms with Crippen LogP contribution in [0, 0.1) is 0 Å². The van der Waals surface area contributed by atoms with Gasteiger partial charge in [0.15, 0.2) is 0 Å². The Labute approximate surface area is 199 Å². The van der Waals surface area contributed by atoms with Crippen molar-refractivity contribution in [2.75, 3.05) is 0 Å². The summed E-state index contributed by atoms with van der Waals surface area (Å²) in [6.45, 7) is 1.80. The van der Waals surface area contributed by atoms with Crippen LogP contribution in [-0.2, 0) is 33.8 Å². The fourth-order valence-electron chi connectivity index (χ4n) is 3.50. The molecule has 7 nitrogen and oxygen atoms in total. The van der Waals surface area contributed by atoms with Crippen LogP contribution >= 0.6 is 0 Å². The average Bonchev–Trinajstić information content (AvgIpc) is 2.83. The van der Waals surface area contributed by atoms with Gasteiger partial charge in [0.1, 0.15) is 24.4 Å². The molecule has 3 amide bonds. The Morgan fingerprint density at radius 2 is 1.26 bits per heavy atom. The molecule has 3 aromatic carbocycles. The predicted molar refractivity (Wildman–Crippen MR) is 130 cm³/mol. The van der Waals surface area contributed by atoms with Crippen LogP contribution in [0.4, 0.5) is 0 Å². The third-order valence-corrected chi connectivity index (χ3v) is 5.25. The summed E-state index contributed by atoms with van der Waals surface area (Å²) in [4.78, 5) is 36.6. The SMILES string of the molecule is CC(=O)N[C@H](Cc1ccccc1)C(=O)N[C@@H](Cc1ccc(OCc2ccccc2)cc1)C(N)=O. The van der Waals surface area contributed by atoms with E-state index in [2.05, 4.69) is 10.6 Å². The zero-order valence-corrected chi connectivity index (χ0v) is 19.1. The fourth-order valence-corrected chi connectivity index (χ4v) is 3.50. The molecule has 3 aromatic rings. The molecule has 0 spiro atoms. The number of benzene rings is 3. The summed E-state index contributed by atoms with van der Waals surface area (Å²) in [7, 11) is 0. The highest BCUT2D eigenvalue weighted by molar-refractivity contribution is 5.91. The van der Waals surface area contributed by atoms with Gasteiger partial charge in [-0.05, 0) is 28.8 Å². The smallest absolute Gasteiger partial charge is 0.243 e. The second-order valence-electron chi connectivity index (χ2n) is 8.03. The Morgan fingerprint density at radius 3 is 1.82 bits per heavy atom. The van der Waals surface area contributed by atoms with Crippen molar-refractivity contribution in [3.63, 3.8) is 0 Å². The van der Waals surface area contributed by atoms with Crippen molar-refractivity contribution in [2.24, 2.45) is 5.73 Å². The molecular formula is C27H29N3O4. The number of amides is 3. The van der Waals surface area contributed by atoms with Gasteiger partial charge in [-0.25, -0.2) is 0 Å². The molecule has 0 radical (unpaired) electrons. The maximum absolute atomic E-state index is 12.9. The summed E-state index contributed by atoms with van der Waals surface area (Å²) >= 11 is 0. The number of ether oxygens (including phenoxy) is 1. The van der Waals surface area contributed by atoms with Crippen LogP contribution in [0.1, 0.15) is 23.6 Å². The van der Waals surface area contributed by atoms with Gasteiger partial charge in [0.25, 0.3) is 0 Å². The van der Waals surface area contributed by atoms with E-state index < -0.39 is 23.9 Å². The van der Waals surface area contributed by atoms with Crippen LogP contribution in [0.2, 0.25) is 0 Å². The zero-order chi connectivity index (χ0) is 24.3. The molecule has 0 fully saturated rings. The number of rotatable bonds is 11. The lowest BCUT2D eigenvalue weighted by molar-refractivity contribution is -0.130. The highest BCUT2D eigenvalue weighted by Gasteiger charge is 2.25. The summed E-state index contributed by atoms with van der Waals surface area (Å²) in [5, 5.41) is 5.34. The van der Waals surface area contributed by atoms with Crippen LogP contribution in [0.3, 0.4) is 0 Å². The van der Waals surface area contributed by atoms with Crippen LogP contribution in [-0.4, -0.2) is 29.8 Å². The molecule has 0 bridgehead atoms. The molecule has 0 saturated carbocycles. The normalized spacial score (nSPS) is 12.3. The van der Waals surface area contributed by atoms with Gasteiger partial charge in [-0.1, -0.05) is 72.8 Å². The van der Waals surface area contributed by atoms with E-state index in [1.807, 2.05) is 84.9 Å². The largest absolute Gasteiger partial charge is 0.489 e. The minimum Gasteiger partial charge on any atom is -0.489 e. The van der Waals surface area contributed by atoms with Gasteiger partial charge in [-0.3, -0.25) is 14.4 Å². The van der Waals surface area contributed by atoms with Gasteiger partial charge in [0.2, 0.25) is 17.7 Å². The van der Waals surface area contributed by atoms with E-state index in [1.165, 1.54) is 6.92 Å². The van der Waals surface area contributed by atoms with Gasteiger partial charge in [-0.15, -0.1) is 0 Å². The minimum absolute atomic E-state index is 0.220. The molecule has 34 heavy (non-hydrogen) atoms. The van der Waals surface area contributed by atoms with Crippen molar-refractivity contribution in [1.29, 1.82) is 0 Å². The average molecular weight is 460 g/mol. The summed E-state index contributed by atoms with van der Waals surface area (Å²) < 4.78 is 5.79. The number of hydrogen-bond acceptors (Lipinski definition) is 4. The first-order valence-corrected chi connectivity index (χ1v) is 11.1. The summed E-state index contributed by atoms with van der Waals surface area (Å²) in [5.41, 5.74) is 8.33. The molecule has 0 saturated heterocycles. The van der Waals surface area contributed by atoms with Crippen LogP contribution in [0.25, 0.3) is 0 Å². The van der Waals surface area contributed by atoms with Crippen molar-refractivity contribution in [1.82, 2.24) is 10.6 Å². The molecule has 7 heteroatoms. The minimum atomic E-state index is -0.921. The predicted octanol–water partition coefficient (Wildman–Crippen LogP) is 2.53. The number of hydrogen-bond donors (Lipinski definition) is 3. The third kappa shape index (κ3) is 7.78. The van der Waals surface area contributed by atoms with Crippen LogP contribution in [0.5, 0.6) is 5.75 Å². The molecule has 0 aromatic heterocycles. The van der Waals surface area contributed by atoms with Crippen molar-refractivity contribution in [3.8, 4) is 5.75 Å². The molecule has 176 valence electrons. The number of primary amides is 1. The first kappa shape index (κ1) is 24.5. The molecule has 3 rings (SSSR count). The first-order valence-electron chi connectivity index (χ1n) is 11.1. The third-order valence-electron chi connectivity index (χ3n) is 5.25. The van der Waals surface area contributed by atoms with E-state index in [1.54, 1.807) is 0 Å². The molecule has 2 atom stereocenters. The quantitative estimate of drug-likeness (QED) is 0.409. The molecule has 0 heterocycles. The van der Waals surface area contributed by atoms with E-state index in [-0.39, 0.29) is 12.3 Å². The van der Waals surface area contributed by atoms with Gasteiger partial charge in [-0.2, -0.15) is 0 Å².